The van der Waals surface area contributed by atoms with E-state index in [-0.39, 0.29) is 40.2 Å². The van der Waals surface area contributed by atoms with E-state index in [9.17, 15) is 18.0 Å². The van der Waals surface area contributed by atoms with E-state index in [2.05, 4.69) is 14.9 Å². The van der Waals surface area contributed by atoms with Crippen LogP contribution in [-0.2, 0) is 14.8 Å². The lowest BCUT2D eigenvalue weighted by Crippen LogP contribution is -2.42. The van der Waals surface area contributed by atoms with Gasteiger partial charge in [-0.2, -0.15) is 4.31 Å². The summed E-state index contributed by atoms with van der Waals surface area (Å²) < 4.78 is 34.5. The highest BCUT2D eigenvalue weighted by Crippen LogP contribution is 2.35. The van der Waals surface area contributed by atoms with Crippen LogP contribution in [0.1, 0.15) is 49.4 Å². The molecule has 9 nitrogen and oxygen atoms in total. The van der Waals surface area contributed by atoms with E-state index in [4.69, 9.17) is 4.74 Å². The number of hydrogen-bond acceptors (Lipinski definition) is 6. The van der Waals surface area contributed by atoms with Crippen molar-refractivity contribution in [2.45, 2.75) is 56.0 Å². The molecule has 0 unspecified atom stereocenters. The SMILES string of the molecule is CCCOC(=O)c1c[nH]c2c(=O)[nH]c3ccc(S(=O)(=O)N(C[C@H]4CCCN4C)C4CC4)cc3c12. The van der Waals surface area contributed by atoms with Crippen molar-refractivity contribution in [1.82, 2.24) is 19.2 Å². The molecule has 1 saturated heterocycles. The molecule has 3 aromatic rings. The molecule has 0 radical (unpaired) electrons. The topological polar surface area (TPSA) is 116 Å². The molecule has 0 amide bonds. The van der Waals surface area contributed by atoms with Crippen LogP contribution in [0.4, 0.5) is 0 Å². The molecule has 1 aliphatic carbocycles. The van der Waals surface area contributed by atoms with E-state index in [1.165, 1.54) is 12.3 Å². The van der Waals surface area contributed by atoms with Gasteiger partial charge in [-0.15, -0.1) is 0 Å². The molecule has 2 aliphatic rings. The monoisotopic (exact) mass is 486 g/mol. The number of esters is 1. The van der Waals surface area contributed by atoms with Crippen molar-refractivity contribution in [1.29, 1.82) is 0 Å². The van der Waals surface area contributed by atoms with Crippen LogP contribution in [0.2, 0.25) is 0 Å². The third-order valence-corrected chi connectivity index (χ3v) is 8.81. The Balaban J connectivity index is 1.60. The number of likely N-dealkylation sites (tertiary alicyclic amines) is 1. The maximum atomic E-state index is 13.8. The number of hydrogen-bond donors (Lipinski definition) is 2. The Morgan fingerprint density at radius 3 is 2.74 bits per heavy atom. The second-order valence-corrected chi connectivity index (χ2v) is 11.2. The van der Waals surface area contributed by atoms with Gasteiger partial charge in [0.05, 0.1) is 17.1 Å². The number of H-pyrrole nitrogens is 2. The summed E-state index contributed by atoms with van der Waals surface area (Å²) in [7, 11) is -1.72. The fraction of sp³-hybridized carbons (Fsp3) is 0.500. The van der Waals surface area contributed by atoms with Gasteiger partial charge in [-0.25, -0.2) is 13.2 Å². The lowest BCUT2D eigenvalue weighted by molar-refractivity contribution is 0.0507. The van der Waals surface area contributed by atoms with Gasteiger partial charge < -0.3 is 19.6 Å². The number of carbonyl (C=O) groups excluding carboxylic acids is 1. The molecular weight excluding hydrogens is 456 g/mol. The first-order valence-electron chi connectivity index (χ1n) is 11.9. The molecule has 1 saturated carbocycles. The van der Waals surface area contributed by atoms with Gasteiger partial charge in [-0.3, -0.25) is 4.79 Å². The second-order valence-electron chi connectivity index (χ2n) is 9.33. The summed E-state index contributed by atoms with van der Waals surface area (Å²) >= 11 is 0. The first-order chi connectivity index (χ1) is 16.3. The zero-order chi connectivity index (χ0) is 24.0. The summed E-state index contributed by atoms with van der Waals surface area (Å²) in [5.41, 5.74) is 0.531. The number of carbonyl (C=O) groups is 1. The average molecular weight is 487 g/mol. The number of aromatic amines is 2. The molecule has 10 heteroatoms. The standard InChI is InChI=1S/C24H30N4O5S/c1-3-11-33-24(30)19-13-25-22-21(19)18-12-17(8-9-20(18)26-23(22)29)34(31,32)28(15-6-7-15)14-16-5-4-10-27(16)2/h8-9,12-13,15-16,25H,3-7,10-11,14H2,1-2H3,(H,26,29)/t16-/m1/s1. The molecule has 34 heavy (non-hydrogen) atoms. The number of benzene rings is 1. The summed E-state index contributed by atoms with van der Waals surface area (Å²) in [4.78, 5) is 33.3. The molecule has 0 spiro atoms. The van der Waals surface area contributed by atoms with E-state index < -0.39 is 16.0 Å². The lowest BCUT2D eigenvalue weighted by Gasteiger charge is -2.28. The maximum absolute atomic E-state index is 13.8. The Morgan fingerprint density at radius 1 is 1.26 bits per heavy atom. The largest absolute Gasteiger partial charge is 0.462 e. The molecule has 5 rings (SSSR count). The van der Waals surface area contributed by atoms with Crippen LogP contribution < -0.4 is 5.56 Å². The summed E-state index contributed by atoms with van der Waals surface area (Å²) in [6.07, 6.45) is 5.92. The number of rotatable bonds is 8. The smallest absolute Gasteiger partial charge is 0.340 e. The first kappa shape index (κ1) is 23.1. The normalized spacial score (nSPS) is 19.4. The quantitative estimate of drug-likeness (QED) is 0.473. The lowest BCUT2D eigenvalue weighted by atomic mass is 10.1. The van der Waals surface area contributed by atoms with E-state index in [0.29, 0.717) is 29.3 Å². The Hall–Kier alpha value is -2.69. The number of aromatic nitrogens is 2. The minimum atomic E-state index is -3.76. The zero-order valence-electron chi connectivity index (χ0n) is 19.5. The van der Waals surface area contributed by atoms with Crippen molar-refractivity contribution in [3.63, 3.8) is 0 Å². The van der Waals surface area contributed by atoms with E-state index in [0.717, 1.165) is 32.2 Å². The molecule has 1 atom stereocenters. The zero-order valence-corrected chi connectivity index (χ0v) is 20.3. The number of likely N-dealkylation sites (N-methyl/N-ethyl adjacent to an activating group) is 1. The van der Waals surface area contributed by atoms with E-state index >= 15 is 0 Å². The van der Waals surface area contributed by atoms with Crippen molar-refractivity contribution in [3.05, 3.63) is 40.3 Å². The summed E-state index contributed by atoms with van der Waals surface area (Å²) in [5, 5.41) is 0.875. The Bertz CT molecular complexity index is 1410. The van der Waals surface area contributed by atoms with Crippen molar-refractivity contribution in [2.75, 3.05) is 26.7 Å². The Morgan fingerprint density at radius 2 is 2.06 bits per heavy atom. The van der Waals surface area contributed by atoms with Crippen LogP contribution in [0.15, 0.2) is 34.1 Å². The predicted octanol–water partition coefficient (Wildman–Crippen LogP) is 2.82. The van der Waals surface area contributed by atoms with Crippen LogP contribution in [0.25, 0.3) is 21.8 Å². The van der Waals surface area contributed by atoms with Crippen LogP contribution >= 0.6 is 0 Å². The molecule has 2 aromatic heterocycles. The van der Waals surface area contributed by atoms with Crippen molar-refractivity contribution < 1.29 is 17.9 Å². The fourth-order valence-electron chi connectivity index (χ4n) is 4.86. The summed E-state index contributed by atoms with van der Waals surface area (Å²) in [5.74, 6) is -0.544. The summed E-state index contributed by atoms with van der Waals surface area (Å²) in [6.45, 7) is 3.61. The maximum Gasteiger partial charge on any atom is 0.340 e. The molecule has 1 aromatic carbocycles. The predicted molar refractivity (Wildman–Crippen MR) is 130 cm³/mol. The highest BCUT2D eigenvalue weighted by atomic mass is 32.2. The molecule has 2 N–H and O–H groups in total. The fourth-order valence-corrected chi connectivity index (χ4v) is 6.61. The van der Waals surface area contributed by atoms with Gasteiger partial charge in [0.2, 0.25) is 10.0 Å². The number of nitrogens with zero attached hydrogens (tertiary/aromatic N) is 2. The van der Waals surface area contributed by atoms with Gasteiger partial charge in [0.25, 0.3) is 5.56 Å². The molecule has 182 valence electrons. The van der Waals surface area contributed by atoms with Crippen LogP contribution in [0.5, 0.6) is 0 Å². The first-order valence-corrected chi connectivity index (χ1v) is 13.3. The van der Waals surface area contributed by atoms with Gasteiger partial charge in [0, 0.05) is 41.1 Å². The van der Waals surface area contributed by atoms with Crippen molar-refractivity contribution in [2.24, 2.45) is 0 Å². The molecule has 3 heterocycles. The molecule has 2 fully saturated rings. The van der Waals surface area contributed by atoms with Gasteiger partial charge in [0.15, 0.2) is 0 Å². The third kappa shape index (κ3) is 4.03. The van der Waals surface area contributed by atoms with Gasteiger partial charge >= 0.3 is 5.97 Å². The second kappa shape index (κ2) is 8.83. The van der Waals surface area contributed by atoms with Gasteiger partial charge in [0.1, 0.15) is 5.52 Å². The number of ether oxygens (including phenoxy) is 1. The van der Waals surface area contributed by atoms with Crippen molar-refractivity contribution >= 4 is 37.8 Å². The molecular formula is C24H30N4O5S. The third-order valence-electron chi connectivity index (χ3n) is 6.90. The number of sulfonamides is 1. The minimum absolute atomic E-state index is 0.0251. The number of nitrogens with one attached hydrogen (secondary N) is 2. The molecule has 0 bridgehead atoms. The van der Waals surface area contributed by atoms with Crippen molar-refractivity contribution in [3.8, 4) is 0 Å². The summed E-state index contributed by atoms with van der Waals surface area (Å²) in [6, 6.07) is 4.95. The Labute approximate surface area is 198 Å². The van der Waals surface area contributed by atoms with Gasteiger partial charge in [-0.05, 0) is 63.9 Å². The highest BCUT2D eigenvalue weighted by Gasteiger charge is 2.40. The highest BCUT2D eigenvalue weighted by molar-refractivity contribution is 7.89. The Kier molecular flexibility index (Phi) is 5.99. The average Bonchev–Trinajstić information content (AvgIpc) is 3.40. The van der Waals surface area contributed by atoms with Crippen LogP contribution in [0, 0.1) is 0 Å². The van der Waals surface area contributed by atoms with Gasteiger partial charge in [-0.1, -0.05) is 6.92 Å². The number of fused-ring (bicyclic) bond motifs is 3. The molecule has 1 aliphatic heterocycles. The van der Waals surface area contributed by atoms with E-state index in [1.807, 2.05) is 14.0 Å². The number of pyridine rings is 1. The van der Waals surface area contributed by atoms with Crippen LogP contribution in [0.3, 0.4) is 0 Å². The minimum Gasteiger partial charge on any atom is -0.462 e. The van der Waals surface area contributed by atoms with E-state index in [1.54, 1.807) is 16.4 Å². The van der Waals surface area contributed by atoms with Crippen LogP contribution in [-0.4, -0.2) is 72.4 Å².